The third kappa shape index (κ3) is 4.45. The zero-order valence-corrected chi connectivity index (χ0v) is 13.6. The molecule has 2 rings (SSSR count). The van der Waals surface area contributed by atoms with E-state index in [-0.39, 0.29) is 17.7 Å². The van der Waals surface area contributed by atoms with E-state index >= 15 is 0 Å². The minimum absolute atomic E-state index is 0.0397. The molecule has 1 aliphatic heterocycles. The highest BCUT2D eigenvalue weighted by Gasteiger charge is 2.22. The lowest BCUT2D eigenvalue weighted by Gasteiger charge is -2.30. The first-order chi connectivity index (χ1) is 10.4. The molecule has 1 amide bonds. The molecule has 0 radical (unpaired) electrons. The van der Waals surface area contributed by atoms with Gasteiger partial charge in [-0.05, 0) is 43.5 Å². The minimum Gasteiger partial charge on any atom is -0.337 e. The summed E-state index contributed by atoms with van der Waals surface area (Å²) in [5, 5.41) is 0. The summed E-state index contributed by atoms with van der Waals surface area (Å²) in [7, 11) is -3.31. The molecule has 22 heavy (non-hydrogen) atoms. The van der Waals surface area contributed by atoms with Gasteiger partial charge in [-0.2, -0.15) is 0 Å². The lowest BCUT2D eigenvalue weighted by atomic mass is 10.1. The number of likely N-dealkylation sites (tertiary alicyclic amines) is 1. The predicted molar refractivity (Wildman–Crippen MR) is 87.3 cm³/mol. The number of amides is 1. The van der Waals surface area contributed by atoms with Crippen LogP contribution in [0, 0.1) is 0 Å². The van der Waals surface area contributed by atoms with Crippen LogP contribution in [0.5, 0.6) is 0 Å². The van der Waals surface area contributed by atoms with Crippen LogP contribution in [0.4, 0.5) is 5.69 Å². The molecule has 3 N–H and O–H groups in total. The van der Waals surface area contributed by atoms with E-state index in [1.54, 1.807) is 29.2 Å². The van der Waals surface area contributed by atoms with Crippen LogP contribution in [-0.4, -0.2) is 44.1 Å². The maximum absolute atomic E-state index is 12.4. The number of hydrogen-bond acceptors (Lipinski definition) is 4. The van der Waals surface area contributed by atoms with E-state index in [1.807, 2.05) is 6.92 Å². The van der Waals surface area contributed by atoms with Crippen molar-refractivity contribution in [2.75, 3.05) is 23.6 Å². The third-order valence-electron chi connectivity index (χ3n) is 3.62. The fraction of sp³-hybridized carbons (Fsp3) is 0.533. The summed E-state index contributed by atoms with van der Waals surface area (Å²) in [5.74, 6) is 0.0254. The van der Waals surface area contributed by atoms with Crippen LogP contribution in [0.15, 0.2) is 24.3 Å². The highest BCUT2D eigenvalue weighted by molar-refractivity contribution is 7.92. The smallest absolute Gasteiger partial charge is 0.253 e. The highest BCUT2D eigenvalue weighted by Crippen LogP contribution is 2.16. The fourth-order valence-corrected chi connectivity index (χ4v) is 3.69. The van der Waals surface area contributed by atoms with Crippen LogP contribution < -0.4 is 10.5 Å². The van der Waals surface area contributed by atoms with Gasteiger partial charge in [0.05, 0.1) is 5.75 Å². The Balaban J connectivity index is 2.03. The zero-order chi connectivity index (χ0) is 16.2. The second kappa shape index (κ2) is 7.11. The molecule has 1 unspecified atom stereocenters. The molecule has 1 aromatic rings. The van der Waals surface area contributed by atoms with Gasteiger partial charge in [-0.15, -0.1) is 0 Å². The average molecular weight is 325 g/mol. The van der Waals surface area contributed by atoms with Crippen LogP contribution in [-0.2, 0) is 10.0 Å². The SMILES string of the molecule is CCCS(=O)(=O)Nc1ccc(C(=O)N2CCCC(N)C2)cc1. The van der Waals surface area contributed by atoms with E-state index in [0.29, 0.717) is 24.2 Å². The summed E-state index contributed by atoms with van der Waals surface area (Å²) in [6.07, 6.45) is 2.42. The van der Waals surface area contributed by atoms with Crippen molar-refractivity contribution in [3.8, 4) is 0 Å². The number of carbonyl (C=O) groups is 1. The van der Waals surface area contributed by atoms with Crippen molar-refractivity contribution in [3.63, 3.8) is 0 Å². The number of sulfonamides is 1. The van der Waals surface area contributed by atoms with Crippen molar-refractivity contribution in [2.24, 2.45) is 5.73 Å². The summed E-state index contributed by atoms with van der Waals surface area (Å²) >= 11 is 0. The van der Waals surface area contributed by atoms with Crippen LogP contribution in [0.2, 0.25) is 0 Å². The first-order valence-electron chi connectivity index (χ1n) is 7.56. The standard InChI is InChI=1S/C15H23N3O3S/c1-2-10-22(20,21)17-14-7-5-12(6-8-14)15(19)18-9-3-4-13(16)11-18/h5-8,13,17H,2-4,9-11,16H2,1H3. The Bertz CT molecular complexity index is 613. The molecule has 1 aliphatic rings. The van der Waals surface area contributed by atoms with E-state index in [2.05, 4.69) is 4.72 Å². The van der Waals surface area contributed by atoms with Gasteiger partial charge in [0.2, 0.25) is 10.0 Å². The molecule has 122 valence electrons. The summed E-state index contributed by atoms with van der Waals surface area (Å²) in [4.78, 5) is 14.1. The largest absolute Gasteiger partial charge is 0.337 e. The Kier molecular flexibility index (Phi) is 5.42. The molecule has 1 atom stereocenters. The Labute approximate surface area is 131 Å². The van der Waals surface area contributed by atoms with Crippen molar-refractivity contribution in [1.82, 2.24) is 4.90 Å². The molecular formula is C15H23N3O3S. The normalized spacial score (nSPS) is 19.0. The van der Waals surface area contributed by atoms with Crippen LogP contribution in [0.25, 0.3) is 0 Å². The second-order valence-corrected chi connectivity index (χ2v) is 7.49. The van der Waals surface area contributed by atoms with E-state index in [0.717, 1.165) is 19.4 Å². The molecule has 6 nitrogen and oxygen atoms in total. The second-order valence-electron chi connectivity index (χ2n) is 5.65. The van der Waals surface area contributed by atoms with Gasteiger partial charge in [-0.3, -0.25) is 9.52 Å². The molecule has 0 aromatic heterocycles. The molecule has 1 aromatic carbocycles. The average Bonchev–Trinajstić information content (AvgIpc) is 2.47. The Hall–Kier alpha value is -1.60. The zero-order valence-electron chi connectivity index (χ0n) is 12.8. The lowest BCUT2D eigenvalue weighted by molar-refractivity contribution is 0.0709. The molecule has 1 fully saturated rings. The third-order valence-corrected chi connectivity index (χ3v) is 5.12. The molecule has 0 saturated carbocycles. The van der Waals surface area contributed by atoms with Crippen LogP contribution in [0.3, 0.4) is 0 Å². The molecule has 7 heteroatoms. The van der Waals surface area contributed by atoms with E-state index < -0.39 is 10.0 Å². The lowest BCUT2D eigenvalue weighted by Crippen LogP contribution is -2.45. The molecule has 0 bridgehead atoms. The van der Waals surface area contributed by atoms with Crippen molar-refractivity contribution in [2.45, 2.75) is 32.2 Å². The van der Waals surface area contributed by atoms with Crippen molar-refractivity contribution in [3.05, 3.63) is 29.8 Å². The number of benzene rings is 1. The van der Waals surface area contributed by atoms with E-state index in [1.165, 1.54) is 0 Å². The van der Waals surface area contributed by atoms with Gasteiger partial charge < -0.3 is 10.6 Å². The summed E-state index contributed by atoms with van der Waals surface area (Å²) in [6, 6.07) is 6.56. The molecular weight excluding hydrogens is 302 g/mol. The van der Waals surface area contributed by atoms with Gasteiger partial charge in [0.1, 0.15) is 0 Å². The number of rotatable bonds is 5. The maximum Gasteiger partial charge on any atom is 0.253 e. The van der Waals surface area contributed by atoms with Gasteiger partial charge in [-0.1, -0.05) is 6.92 Å². The number of carbonyl (C=O) groups excluding carboxylic acids is 1. The summed E-state index contributed by atoms with van der Waals surface area (Å²) in [5.41, 5.74) is 6.91. The monoisotopic (exact) mass is 325 g/mol. The first-order valence-corrected chi connectivity index (χ1v) is 9.22. The highest BCUT2D eigenvalue weighted by atomic mass is 32.2. The Morgan fingerprint density at radius 2 is 2.05 bits per heavy atom. The van der Waals surface area contributed by atoms with Crippen molar-refractivity contribution >= 4 is 21.6 Å². The van der Waals surface area contributed by atoms with Crippen molar-refractivity contribution < 1.29 is 13.2 Å². The van der Waals surface area contributed by atoms with E-state index in [4.69, 9.17) is 5.73 Å². The van der Waals surface area contributed by atoms with Crippen LogP contribution >= 0.6 is 0 Å². The summed E-state index contributed by atoms with van der Waals surface area (Å²) in [6.45, 7) is 3.10. The molecule has 1 saturated heterocycles. The number of nitrogens with zero attached hydrogens (tertiary/aromatic N) is 1. The Morgan fingerprint density at radius 1 is 1.36 bits per heavy atom. The maximum atomic E-state index is 12.4. The number of nitrogens with two attached hydrogens (primary N) is 1. The first kappa shape index (κ1) is 16.8. The fourth-order valence-electron chi connectivity index (χ4n) is 2.56. The quantitative estimate of drug-likeness (QED) is 0.856. The minimum atomic E-state index is -3.31. The number of piperidine rings is 1. The number of anilines is 1. The Morgan fingerprint density at radius 3 is 2.64 bits per heavy atom. The summed E-state index contributed by atoms with van der Waals surface area (Å²) < 4.78 is 25.9. The topological polar surface area (TPSA) is 92.5 Å². The van der Waals surface area contributed by atoms with Crippen LogP contribution in [0.1, 0.15) is 36.5 Å². The van der Waals surface area contributed by atoms with Gasteiger partial charge in [0.25, 0.3) is 5.91 Å². The molecule has 0 spiro atoms. The molecule has 1 heterocycles. The number of hydrogen-bond donors (Lipinski definition) is 2. The van der Waals surface area contributed by atoms with Gasteiger partial charge in [0.15, 0.2) is 0 Å². The van der Waals surface area contributed by atoms with Crippen molar-refractivity contribution in [1.29, 1.82) is 0 Å². The molecule has 0 aliphatic carbocycles. The predicted octanol–water partition coefficient (Wildman–Crippen LogP) is 1.40. The van der Waals surface area contributed by atoms with Gasteiger partial charge >= 0.3 is 0 Å². The van der Waals surface area contributed by atoms with Gasteiger partial charge in [0, 0.05) is 30.4 Å². The van der Waals surface area contributed by atoms with Gasteiger partial charge in [-0.25, -0.2) is 8.42 Å². The van der Waals surface area contributed by atoms with E-state index in [9.17, 15) is 13.2 Å². The number of nitrogens with one attached hydrogen (secondary N) is 1.